The van der Waals surface area contributed by atoms with Crippen molar-refractivity contribution in [2.45, 2.75) is 249 Å². The molecule has 5 saturated heterocycles. The lowest BCUT2D eigenvalue weighted by Crippen LogP contribution is -2.70. The number of ether oxygens (including phenoxy) is 4. The van der Waals surface area contributed by atoms with Gasteiger partial charge < -0.3 is 45.3 Å². The number of benzene rings is 1. The first-order valence-corrected chi connectivity index (χ1v) is 31.5. The smallest absolute Gasteiger partial charge is 0.268 e. The molecule has 22 nitrogen and oxygen atoms in total. The number of hydrogen-bond donors (Lipinski definition) is 7. The molecule has 22 heteroatoms. The second kappa shape index (κ2) is 32.5. The summed E-state index contributed by atoms with van der Waals surface area (Å²) < 4.78 is 25.0. The van der Waals surface area contributed by atoms with Gasteiger partial charge in [0.05, 0.1) is 12.2 Å². The van der Waals surface area contributed by atoms with E-state index >= 15 is 0 Å². The quantitative estimate of drug-likeness (QED) is 0.0150. The van der Waals surface area contributed by atoms with Crippen LogP contribution in [0, 0.1) is 23.7 Å². The molecule has 1 aromatic rings. The largest absolute Gasteiger partial charge is 0.507 e. The first-order valence-electron chi connectivity index (χ1n) is 31.5. The number of nitrogens with zero attached hydrogens (tertiary/aromatic N) is 3. The van der Waals surface area contributed by atoms with Crippen LogP contribution in [0.15, 0.2) is 29.3 Å². The molecule has 0 radical (unpaired) electrons. The molecule has 0 unspecified atom stereocenters. The molecule has 466 valence electrons. The Balaban J connectivity index is 0.919. The zero-order valence-electron chi connectivity index (χ0n) is 49.8. The number of phenols is 1. The molecule has 12 atom stereocenters. The Labute approximate surface area is 490 Å². The van der Waals surface area contributed by atoms with Crippen molar-refractivity contribution in [1.29, 1.82) is 0 Å². The molecule has 1 spiro atoms. The van der Waals surface area contributed by atoms with Gasteiger partial charge in [-0.1, -0.05) is 116 Å². The van der Waals surface area contributed by atoms with E-state index < -0.39 is 84.2 Å². The fourth-order valence-corrected chi connectivity index (χ4v) is 12.9. The van der Waals surface area contributed by atoms with Gasteiger partial charge in [0.2, 0.25) is 41.2 Å². The number of fused-ring (bicyclic) bond motifs is 2. The third-order valence-corrected chi connectivity index (χ3v) is 17.9. The first kappa shape index (κ1) is 65.6. The molecule has 6 aliphatic heterocycles. The summed E-state index contributed by atoms with van der Waals surface area (Å²) >= 11 is 0. The summed E-state index contributed by atoms with van der Waals surface area (Å²) in [5.74, 6) is -4.21. The molecular formula is C61H97N7O15. The summed E-state index contributed by atoms with van der Waals surface area (Å²) in [5.41, 5.74) is -0.466. The van der Waals surface area contributed by atoms with Gasteiger partial charge in [-0.25, -0.2) is 24.9 Å². The lowest BCUT2D eigenvalue weighted by molar-refractivity contribution is -0.577. The van der Waals surface area contributed by atoms with Gasteiger partial charge in [-0.05, 0) is 102 Å². The molecular weight excluding hydrogens is 1070 g/mol. The van der Waals surface area contributed by atoms with Crippen molar-refractivity contribution in [3.63, 3.8) is 0 Å². The van der Waals surface area contributed by atoms with Crippen LogP contribution in [0.1, 0.15) is 207 Å². The maximum Gasteiger partial charge on any atom is 0.268 e. The minimum Gasteiger partial charge on any atom is -0.507 e. The van der Waals surface area contributed by atoms with Crippen molar-refractivity contribution in [2.24, 2.45) is 28.7 Å². The van der Waals surface area contributed by atoms with E-state index in [2.05, 4.69) is 47.0 Å². The van der Waals surface area contributed by atoms with Gasteiger partial charge in [0.15, 0.2) is 24.2 Å². The Morgan fingerprint density at radius 3 is 2.25 bits per heavy atom. The zero-order chi connectivity index (χ0) is 59.4. The summed E-state index contributed by atoms with van der Waals surface area (Å²) in [6.07, 6.45) is 21.1. The van der Waals surface area contributed by atoms with E-state index in [9.17, 15) is 44.3 Å². The molecule has 6 fully saturated rings. The lowest BCUT2D eigenvalue weighted by Gasteiger charge is -2.60. The number of carbonyl (C=O) groups is 6. The van der Waals surface area contributed by atoms with Crippen LogP contribution in [-0.2, 0) is 57.5 Å². The maximum atomic E-state index is 14.2. The van der Waals surface area contributed by atoms with Crippen LogP contribution in [-0.4, -0.2) is 148 Å². The topological polar surface area (TPSA) is 285 Å². The Hall–Kier alpha value is -4.97. The van der Waals surface area contributed by atoms with Gasteiger partial charge in [0.25, 0.3) is 5.91 Å². The van der Waals surface area contributed by atoms with Crippen molar-refractivity contribution in [2.75, 3.05) is 32.8 Å². The molecule has 1 saturated carbocycles. The number of rotatable bonds is 34. The number of nitrogens with one attached hydrogen (secondary N) is 4. The number of hydroxylamine groups is 4. The number of para-hydroxylation sites is 1. The summed E-state index contributed by atoms with van der Waals surface area (Å²) in [7, 11) is 0. The summed E-state index contributed by atoms with van der Waals surface area (Å²) in [4.78, 5) is 98.3. The van der Waals surface area contributed by atoms with Gasteiger partial charge in [-0.15, -0.1) is 0 Å². The molecule has 7 aliphatic rings. The van der Waals surface area contributed by atoms with E-state index in [4.69, 9.17) is 28.7 Å². The molecule has 83 heavy (non-hydrogen) atoms. The average Bonchev–Trinajstić information content (AvgIpc) is 1.88. The highest BCUT2D eigenvalue weighted by molar-refractivity contribution is 6.01. The summed E-state index contributed by atoms with van der Waals surface area (Å²) in [6, 6.07) is 1.60. The predicted molar refractivity (Wildman–Crippen MR) is 305 cm³/mol. The molecule has 8 rings (SSSR count). The Morgan fingerprint density at radius 2 is 1.53 bits per heavy atom. The van der Waals surface area contributed by atoms with Crippen LogP contribution >= 0.6 is 0 Å². The van der Waals surface area contributed by atoms with Crippen LogP contribution in [0.3, 0.4) is 0 Å². The van der Waals surface area contributed by atoms with Gasteiger partial charge in [0.1, 0.15) is 30.5 Å². The van der Waals surface area contributed by atoms with Crippen LogP contribution in [0.4, 0.5) is 0 Å². The monoisotopic (exact) mass is 1170 g/mol. The number of unbranched alkanes of at least 4 members (excludes halogenated alkanes) is 14. The highest BCUT2D eigenvalue weighted by Crippen LogP contribution is 2.60. The third-order valence-electron chi connectivity index (χ3n) is 17.9. The van der Waals surface area contributed by atoms with Crippen molar-refractivity contribution in [3.8, 4) is 5.75 Å². The molecule has 1 aliphatic carbocycles. The second-order valence-electron chi connectivity index (χ2n) is 24.3. The zero-order valence-corrected chi connectivity index (χ0v) is 49.8. The second-order valence-corrected chi connectivity index (χ2v) is 24.3. The Bertz CT molecular complexity index is 2310. The van der Waals surface area contributed by atoms with E-state index in [1.165, 1.54) is 70.3 Å². The molecule has 0 aromatic heterocycles. The molecule has 2 bridgehead atoms. The van der Waals surface area contributed by atoms with Gasteiger partial charge in [-0.2, -0.15) is 0 Å². The average molecular weight is 1170 g/mol. The third kappa shape index (κ3) is 18.3. The van der Waals surface area contributed by atoms with Crippen LogP contribution in [0.5, 0.6) is 5.75 Å². The van der Waals surface area contributed by atoms with Crippen molar-refractivity contribution >= 4 is 41.3 Å². The van der Waals surface area contributed by atoms with Gasteiger partial charge in [0, 0.05) is 50.7 Å². The van der Waals surface area contributed by atoms with Crippen molar-refractivity contribution < 1.29 is 73.0 Å². The number of hydrogen-bond acceptors (Lipinski definition) is 16. The van der Waals surface area contributed by atoms with Crippen LogP contribution < -0.4 is 21.3 Å². The highest BCUT2D eigenvalue weighted by atomic mass is 17.3. The number of phenolic OH excluding ortho intramolecular Hbond substituents is 1. The van der Waals surface area contributed by atoms with E-state index in [1.54, 1.807) is 18.2 Å². The fourth-order valence-electron chi connectivity index (χ4n) is 12.9. The number of carbonyl (C=O) groups excluding carboxylic acids is 6. The van der Waals surface area contributed by atoms with E-state index in [0.717, 1.165) is 38.5 Å². The predicted octanol–water partition coefficient (Wildman–Crippen LogP) is 7.77. The summed E-state index contributed by atoms with van der Waals surface area (Å²) in [6.45, 7) is 8.02. The normalized spacial score (nSPS) is 28.1. The maximum absolute atomic E-state index is 14.2. The minimum atomic E-state index is -1.40. The Morgan fingerprint density at radius 1 is 0.819 bits per heavy atom. The van der Waals surface area contributed by atoms with Crippen molar-refractivity contribution in [1.82, 2.24) is 31.4 Å². The fraction of sp³-hybridized carbons (Fsp3) is 0.787. The van der Waals surface area contributed by atoms with Gasteiger partial charge in [-0.3, -0.25) is 39.2 Å². The SMILES string of the molecule is CCCCCCCCCCCCCCCCC(=O)N(O)CCCC[C@H](NC(=O)[C@@H]1COC(c2ccccc2O)=N1)C(=O)NC[C@H](NC(=O)CCCO[C@H]1O[C@@H]2O[C@@]3(C)CC[C@H]4[C@H](C)CC[C@@H]([C@H]1C)[C@@]24OO3)C(=O)N[C@H]1CCCCN(O)C1=O. The molecule has 6 amide bonds. The van der Waals surface area contributed by atoms with Crippen LogP contribution in [0.25, 0.3) is 0 Å². The highest BCUT2D eigenvalue weighted by Gasteiger charge is 2.69. The van der Waals surface area contributed by atoms with E-state index in [1.807, 2.05) is 6.92 Å². The van der Waals surface area contributed by atoms with E-state index in [-0.39, 0.29) is 107 Å². The number of aromatic hydroxyl groups is 1. The Kier molecular flexibility index (Phi) is 25.7. The van der Waals surface area contributed by atoms with Crippen molar-refractivity contribution in [3.05, 3.63) is 29.8 Å². The molecule has 1 aromatic carbocycles. The van der Waals surface area contributed by atoms with Gasteiger partial charge >= 0.3 is 0 Å². The van der Waals surface area contributed by atoms with Crippen LogP contribution in [0.2, 0.25) is 0 Å². The number of amides is 6. The first-order chi connectivity index (χ1) is 40.0. The molecule has 7 N–H and O–H groups in total. The molecule has 6 heterocycles. The van der Waals surface area contributed by atoms with E-state index in [0.29, 0.717) is 47.3 Å². The number of aliphatic imine (C=N–C) groups is 1. The minimum absolute atomic E-state index is 0.00136. The standard InChI is InChI=1S/C61H97N7O15/c1-5-6-7-8-9-10-11-12-13-14-15-16-17-18-31-52(71)67(76)36-23-21-27-46(64-55(74)49-40-79-56(66-49)43-26-19-20-29-50(43)69)53(72)62-39-48(54(73)65-47-28-22-24-37-68(77)57(47)75)63-51(70)30-25-38-78-58-42(3)45-33-32-41(2)44-34-35-60(4)81-59(80-58)61(44,45)83-82-60/h19-20,26,29,41-42,44-49,58-59,69,76-77H,5-18,21-25,27-28,30-40H2,1-4H3,(H,62,72)(H,63,70)(H,64,74)(H,65,73)/t41-,42-,44+,45+,46+,47+,48+,49+,58+,59-,60-,61-/m1/s1. The lowest BCUT2D eigenvalue weighted by atomic mass is 9.58. The summed E-state index contributed by atoms with van der Waals surface area (Å²) in [5, 5.41) is 43.5.